The Balaban J connectivity index is 1.62. The van der Waals surface area contributed by atoms with E-state index in [1.807, 2.05) is 51.1 Å². The SMILES string of the molecule is CCOc1ccc(CCNC(=O)c2cnn(-c3ccc(Cl)cc3)c2C)cc1OCC. The molecule has 0 radical (unpaired) electrons. The van der Waals surface area contributed by atoms with Gasteiger partial charge in [0.1, 0.15) is 0 Å². The lowest BCUT2D eigenvalue weighted by atomic mass is 10.1. The summed E-state index contributed by atoms with van der Waals surface area (Å²) in [6.45, 7) is 7.41. The Labute approximate surface area is 181 Å². The summed E-state index contributed by atoms with van der Waals surface area (Å²) in [5, 5.41) is 7.97. The molecule has 0 fully saturated rings. The molecule has 0 bridgehead atoms. The number of hydrogen-bond acceptors (Lipinski definition) is 4. The van der Waals surface area contributed by atoms with E-state index < -0.39 is 0 Å². The number of carbonyl (C=O) groups excluding carboxylic acids is 1. The Morgan fingerprint density at radius 3 is 2.47 bits per heavy atom. The van der Waals surface area contributed by atoms with Crippen molar-refractivity contribution in [1.82, 2.24) is 15.1 Å². The average molecular weight is 428 g/mol. The van der Waals surface area contributed by atoms with Gasteiger partial charge in [-0.1, -0.05) is 17.7 Å². The van der Waals surface area contributed by atoms with Gasteiger partial charge in [-0.3, -0.25) is 4.79 Å². The van der Waals surface area contributed by atoms with Gasteiger partial charge in [0.25, 0.3) is 5.91 Å². The standard InChI is InChI=1S/C23H26ClN3O3/c1-4-29-21-11-6-17(14-22(21)30-5-2)12-13-25-23(28)20-15-26-27(16(20)3)19-9-7-18(24)8-10-19/h6-11,14-15H,4-5,12-13H2,1-3H3,(H,25,28). The van der Waals surface area contributed by atoms with Crippen molar-refractivity contribution >= 4 is 17.5 Å². The van der Waals surface area contributed by atoms with E-state index in [4.69, 9.17) is 21.1 Å². The molecule has 1 heterocycles. The lowest BCUT2D eigenvalue weighted by molar-refractivity contribution is 0.0953. The molecule has 1 N–H and O–H groups in total. The molecule has 6 nitrogen and oxygen atoms in total. The fourth-order valence-corrected chi connectivity index (χ4v) is 3.27. The van der Waals surface area contributed by atoms with Crippen molar-refractivity contribution in [3.8, 4) is 17.2 Å². The van der Waals surface area contributed by atoms with Crippen LogP contribution < -0.4 is 14.8 Å². The van der Waals surface area contributed by atoms with E-state index in [1.165, 1.54) is 0 Å². The number of nitrogens with zero attached hydrogens (tertiary/aromatic N) is 2. The molecule has 1 aromatic heterocycles. The molecule has 0 aliphatic rings. The second-order valence-electron chi connectivity index (χ2n) is 6.68. The number of aromatic nitrogens is 2. The average Bonchev–Trinajstić information content (AvgIpc) is 3.12. The molecule has 0 atom stereocenters. The van der Waals surface area contributed by atoms with E-state index in [0.717, 1.165) is 28.4 Å². The third kappa shape index (κ3) is 5.13. The van der Waals surface area contributed by atoms with Gasteiger partial charge in [-0.05, 0) is 69.2 Å². The highest BCUT2D eigenvalue weighted by atomic mass is 35.5. The summed E-state index contributed by atoms with van der Waals surface area (Å²) in [5.41, 5.74) is 3.24. The summed E-state index contributed by atoms with van der Waals surface area (Å²) in [4.78, 5) is 12.6. The van der Waals surface area contributed by atoms with Gasteiger partial charge in [-0.15, -0.1) is 0 Å². The maximum atomic E-state index is 12.6. The van der Waals surface area contributed by atoms with Crippen molar-refractivity contribution in [2.45, 2.75) is 27.2 Å². The fourth-order valence-electron chi connectivity index (χ4n) is 3.14. The highest BCUT2D eigenvalue weighted by Crippen LogP contribution is 2.28. The van der Waals surface area contributed by atoms with Gasteiger partial charge in [0, 0.05) is 11.6 Å². The summed E-state index contributed by atoms with van der Waals surface area (Å²) in [5.74, 6) is 1.31. The minimum Gasteiger partial charge on any atom is -0.490 e. The summed E-state index contributed by atoms with van der Waals surface area (Å²) in [6.07, 6.45) is 2.27. The molecule has 3 rings (SSSR count). The molecule has 2 aromatic carbocycles. The van der Waals surface area contributed by atoms with Crippen LogP contribution in [0, 0.1) is 6.92 Å². The maximum absolute atomic E-state index is 12.6. The third-order valence-electron chi connectivity index (χ3n) is 4.63. The minimum atomic E-state index is -0.149. The Morgan fingerprint density at radius 2 is 1.77 bits per heavy atom. The van der Waals surface area contributed by atoms with Crippen molar-refractivity contribution in [2.75, 3.05) is 19.8 Å². The molecular weight excluding hydrogens is 402 g/mol. The Hall–Kier alpha value is -2.99. The van der Waals surface area contributed by atoms with Crippen LogP contribution in [0.2, 0.25) is 5.02 Å². The lowest BCUT2D eigenvalue weighted by Crippen LogP contribution is -2.26. The van der Waals surface area contributed by atoms with Crippen LogP contribution in [0.1, 0.15) is 35.5 Å². The van der Waals surface area contributed by atoms with Crippen LogP contribution in [-0.2, 0) is 6.42 Å². The molecule has 0 aliphatic carbocycles. The van der Waals surface area contributed by atoms with Crippen molar-refractivity contribution < 1.29 is 14.3 Å². The van der Waals surface area contributed by atoms with Crippen LogP contribution in [0.4, 0.5) is 0 Å². The first-order valence-electron chi connectivity index (χ1n) is 10.0. The van der Waals surface area contributed by atoms with Gasteiger partial charge in [-0.2, -0.15) is 5.10 Å². The first-order chi connectivity index (χ1) is 14.5. The smallest absolute Gasteiger partial charge is 0.254 e. The highest BCUT2D eigenvalue weighted by molar-refractivity contribution is 6.30. The quantitative estimate of drug-likeness (QED) is 0.541. The highest BCUT2D eigenvalue weighted by Gasteiger charge is 2.15. The van der Waals surface area contributed by atoms with Gasteiger partial charge in [-0.25, -0.2) is 4.68 Å². The molecule has 0 spiro atoms. The maximum Gasteiger partial charge on any atom is 0.254 e. The minimum absolute atomic E-state index is 0.149. The predicted molar refractivity (Wildman–Crippen MR) is 118 cm³/mol. The summed E-state index contributed by atoms with van der Waals surface area (Å²) >= 11 is 5.95. The first kappa shape index (κ1) is 21.7. The van der Waals surface area contributed by atoms with E-state index in [-0.39, 0.29) is 5.91 Å². The Bertz CT molecular complexity index is 999. The van der Waals surface area contributed by atoms with Crippen molar-refractivity contribution in [3.05, 3.63) is 70.5 Å². The monoisotopic (exact) mass is 427 g/mol. The second-order valence-corrected chi connectivity index (χ2v) is 7.12. The zero-order valence-corrected chi connectivity index (χ0v) is 18.2. The number of rotatable bonds is 9. The zero-order chi connectivity index (χ0) is 21.5. The molecule has 0 saturated carbocycles. The van der Waals surface area contributed by atoms with Gasteiger partial charge >= 0.3 is 0 Å². The summed E-state index contributed by atoms with van der Waals surface area (Å²) in [7, 11) is 0. The number of amides is 1. The molecule has 0 saturated heterocycles. The molecule has 0 unspecified atom stereocenters. The van der Waals surface area contributed by atoms with Gasteiger partial charge in [0.05, 0.1) is 36.4 Å². The number of hydrogen-bond donors (Lipinski definition) is 1. The van der Waals surface area contributed by atoms with Crippen LogP contribution in [0.3, 0.4) is 0 Å². The van der Waals surface area contributed by atoms with E-state index >= 15 is 0 Å². The Morgan fingerprint density at radius 1 is 1.07 bits per heavy atom. The third-order valence-corrected chi connectivity index (χ3v) is 4.88. The van der Waals surface area contributed by atoms with Crippen LogP contribution >= 0.6 is 11.6 Å². The topological polar surface area (TPSA) is 65.4 Å². The molecular formula is C23H26ClN3O3. The van der Waals surface area contributed by atoms with Crippen molar-refractivity contribution in [1.29, 1.82) is 0 Å². The molecule has 3 aromatic rings. The van der Waals surface area contributed by atoms with E-state index in [2.05, 4.69) is 10.4 Å². The van der Waals surface area contributed by atoms with Crippen LogP contribution in [-0.4, -0.2) is 35.4 Å². The number of carbonyl (C=O) groups is 1. The van der Waals surface area contributed by atoms with E-state index in [0.29, 0.717) is 36.8 Å². The van der Waals surface area contributed by atoms with Crippen LogP contribution in [0.25, 0.3) is 5.69 Å². The fraction of sp³-hybridized carbons (Fsp3) is 0.304. The van der Waals surface area contributed by atoms with Crippen molar-refractivity contribution in [2.24, 2.45) is 0 Å². The number of ether oxygens (including phenoxy) is 2. The van der Waals surface area contributed by atoms with E-state index in [1.54, 1.807) is 23.0 Å². The van der Waals surface area contributed by atoms with Crippen LogP contribution in [0.15, 0.2) is 48.7 Å². The van der Waals surface area contributed by atoms with E-state index in [9.17, 15) is 4.79 Å². The zero-order valence-electron chi connectivity index (χ0n) is 17.4. The lowest BCUT2D eigenvalue weighted by Gasteiger charge is -2.12. The van der Waals surface area contributed by atoms with Crippen LogP contribution in [0.5, 0.6) is 11.5 Å². The molecule has 1 amide bonds. The van der Waals surface area contributed by atoms with Gasteiger partial charge in [0.15, 0.2) is 11.5 Å². The first-order valence-corrected chi connectivity index (χ1v) is 10.4. The molecule has 0 aliphatic heterocycles. The number of nitrogens with one attached hydrogen (secondary N) is 1. The summed E-state index contributed by atoms with van der Waals surface area (Å²) < 4.78 is 13.0. The second kappa shape index (κ2) is 10.2. The largest absolute Gasteiger partial charge is 0.490 e. The molecule has 158 valence electrons. The molecule has 7 heteroatoms. The van der Waals surface area contributed by atoms with Gasteiger partial charge in [0.2, 0.25) is 0 Å². The van der Waals surface area contributed by atoms with Gasteiger partial charge < -0.3 is 14.8 Å². The summed E-state index contributed by atoms with van der Waals surface area (Å²) in [6, 6.07) is 13.2. The number of halogens is 1. The molecule has 30 heavy (non-hydrogen) atoms. The predicted octanol–water partition coefficient (Wildman–Crippen LogP) is 4.60. The number of benzene rings is 2. The Kier molecular flexibility index (Phi) is 7.36. The van der Waals surface area contributed by atoms with Crippen molar-refractivity contribution in [3.63, 3.8) is 0 Å². The normalized spacial score (nSPS) is 10.7.